The van der Waals surface area contributed by atoms with Crippen molar-refractivity contribution in [2.45, 2.75) is 19.0 Å². The molecule has 2 nitrogen and oxygen atoms in total. The van der Waals surface area contributed by atoms with E-state index in [2.05, 4.69) is 10.3 Å². The average molecular weight is 289 g/mol. The van der Waals surface area contributed by atoms with Crippen LogP contribution in [-0.2, 0) is 0 Å². The zero-order valence-corrected chi connectivity index (χ0v) is 10.7. The van der Waals surface area contributed by atoms with Crippen LogP contribution < -0.4 is 5.32 Å². The van der Waals surface area contributed by atoms with Gasteiger partial charge in [-0.1, -0.05) is 11.6 Å². The van der Waals surface area contributed by atoms with Gasteiger partial charge in [0.1, 0.15) is 0 Å². The third-order valence-corrected chi connectivity index (χ3v) is 2.89. The van der Waals surface area contributed by atoms with Crippen molar-refractivity contribution in [3.05, 3.63) is 35.5 Å². The standard InChI is InChI=1S/C13H12ClF3N2/c14-9-2-3-10-11(4-7-19-12(10)8-9)18-6-1-5-13(15,16)17/h2-4,7-8H,1,5-6H2,(H,18,19). The van der Waals surface area contributed by atoms with E-state index in [1.807, 2.05) is 0 Å². The Balaban J connectivity index is 2.05. The van der Waals surface area contributed by atoms with Crippen LogP contribution in [0.2, 0.25) is 5.02 Å². The smallest absolute Gasteiger partial charge is 0.384 e. The lowest BCUT2D eigenvalue weighted by Crippen LogP contribution is -2.11. The van der Waals surface area contributed by atoms with E-state index in [0.717, 1.165) is 11.1 Å². The normalized spacial score (nSPS) is 11.8. The highest BCUT2D eigenvalue weighted by Gasteiger charge is 2.25. The van der Waals surface area contributed by atoms with Gasteiger partial charge in [0.15, 0.2) is 0 Å². The van der Waals surface area contributed by atoms with Gasteiger partial charge in [0, 0.05) is 35.3 Å². The fourth-order valence-corrected chi connectivity index (χ4v) is 1.95. The van der Waals surface area contributed by atoms with Crippen molar-refractivity contribution in [1.29, 1.82) is 0 Å². The van der Waals surface area contributed by atoms with Crippen LogP contribution in [-0.4, -0.2) is 17.7 Å². The molecule has 0 spiro atoms. The van der Waals surface area contributed by atoms with Gasteiger partial charge in [0.05, 0.1) is 5.52 Å². The van der Waals surface area contributed by atoms with Crippen molar-refractivity contribution >= 4 is 28.2 Å². The Bertz CT molecular complexity index is 569. The summed E-state index contributed by atoms with van der Waals surface area (Å²) < 4.78 is 36.1. The first-order chi connectivity index (χ1) is 8.96. The molecule has 2 aromatic rings. The first kappa shape index (κ1) is 13.9. The molecule has 0 aliphatic carbocycles. The third kappa shape index (κ3) is 3.99. The lowest BCUT2D eigenvalue weighted by molar-refractivity contribution is -0.134. The molecule has 1 N–H and O–H groups in total. The molecule has 0 aliphatic rings. The number of hydrogen-bond acceptors (Lipinski definition) is 2. The van der Waals surface area contributed by atoms with Gasteiger partial charge in [-0.05, 0) is 30.7 Å². The van der Waals surface area contributed by atoms with Crippen molar-refractivity contribution in [3.8, 4) is 0 Å². The minimum atomic E-state index is -4.10. The molecule has 19 heavy (non-hydrogen) atoms. The first-order valence-electron chi connectivity index (χ1n) is 5.80. The van der Waals surface area contributed by atoms with E-state index in [4.69, 9.17) is 11.6 Å². The van der Waals surface area contributed by atoms with Crippen molar-refractivity contribution in [2.75, 3.05) is 11.9 Å². The summed E-state index contributed by atoms with van der Waals surface area (Å²) in [5.74, 6) is 0. The molecular formula is C13H12ClF3N2. The van der Waals surface area contributed by atoms with Crippen LogP contribution >= 0.6 is 11.6 Å². The fraction of sp³-hybridized carbons (Fsp3) is 0.308. The van der Waals surface area contributed by atoms with E-state index in [1.54, 1.807) is 30.5 Å². The van der Waals surface area contributed by atoms with E-state index in [9.17, 15) is 13.2 Å². The lowest BCUT2D eigenvalue weighted by atomic mass is 10.2. The summed E-state index contributed by atoms with van der Waals surface area (Å²) in [6.07, 6.45) is -3.24. The Morgan fingerprint density at radius 1 is 1.21 bits per heavy atom. The molecule has 0 unspecified atom stereocenters. The second-order valence-electron chi connectivity index (χ2n) is 4.17. The Labute approximate surface area is 113 Å². The Kier molecular flexibility index (Phi) is 4.14. The molecular weight excluding hydrogens is 277 g/mol. The topological polar surface area (TPSA) is 24.9 Å². The predicted octanol–water partition coefficient (Wildman–Crippen LogP) is 4.64. The van der Waals surface area contributed by atoms with Crippen molar-refractivity contribution < 1.29 is 13.2 Å². The zero-order valence-electron chi connectivity index (χ0n) is 9.97. The minimum absolute atomic E-state index is 0.0426. The Hall–Kier alpha value is -1.49. The predicted molar refractivity (Wildman–Crippen MR) is 70.5 cm³/mol. The van der Waals surface area contributed by atoms with E-state index in [1.165, 1.54) is 0 Å². The van der Waals surface area contributed by atoms with Crippen molar-refractivity contribution in [2.24, 2.45) is 0 Å². The van der Waals surface area contributed by atoms with Crippen LogP contribution in [0.3, 0.4) is 0 Å². The van der Waals surface area contributed by atoms with Gasteiger partial charge >= 0.3 is 6.18 Å². The summed E-state index contributed by atoms with van der Waals surface area (Å²) in [5.41, 5.74) is 1.48. The molecule has 1 heterocycles. The molecule has 0 fully saturated rings. The van der Waals surface area contributed by atoms with E-state index in [-0.39, 0.29) is 13.0 Å². The largest absolute Gasteiger partial charge is 0.389 e. The second-order valence-corrected chi connectivity index (χ2v) is 4.60. The second kappa shape index (κ2) is 5.65. The lowest BCUT2D eigenvalue weighted by Gasteiger charge is -2.10. The number of rotatable bonds is 4. The molecule has 0 aliphatic heterocycles. The highest BCUT2D eigenvalue weighted by molar-refractivity contribution is 6.31. The molecule has 102 valence electrons. The molecule has 0 saturated carbocycles. The molecule has 2 rings (SSSR count). The maximum Gasteiger partial charge on any atom is 0.389 e. The Morgan fingerprint density at radius 2 is 2.00 bits per heavy atom. The summed E-state index contributed by atoms with van der Waals surface area (Å²) in [7, 11) is 0. The van der Waals surface area contributed by atoms with Crippen LogP contribution in [0.25, 0.3) is 10.9 Å². The minimum Gasteiger partial charge on any atom is -0.384 e. The molecule has 0 amide bonds. The summed E-state index contributed by atoms with van der Waals surface area (Å²) >= 11 is 5.86. The third-order valence-electron chi connectivity index (χ3n) is 2.66. The van der Waals surface area contributed by atoms with Gasteiger partial charge in [0.25, 0.3) is 0 Å². The summed E-state index contributed by atoms with van der Waals surface area (Å²) in [6.45, 7) is 0.265. The molecule has 0 bridgehead atoms. The number of hydrogen-bond donors (Lipinski definition) is 1. The van der Waals surface area contributed by atoms with Crippen LogP contribution in [0.5, 0.6) is 0 Å². The number of fused-ring (bicyclic) bond motifs is 1. The average Bonchev–Trinajstić information content (AvgIpc) is 2.33. The SMILES string of the molecule is FC(F)(F)CCCNc1ccnc2cc(Cl)ccc12. The van der Waals surface area contributed by atoms with Gasteiger partial charge in [0.2, 0.25) is 0 Å². The molecule has 1 aromatic heterocycles. The summed E-state index contributed by atoms with van der Waals surface area (Å²) in [4.78, 5) is 4.17. The number of nitrogens with zero attached hydrogens (tertiary/aromatic N) is 1. The maximum atomic E-state index is 12.0. The molecule has 0 radical (unpaired) electrons. The van der Waals surface area contributed by atoms with Gasteiger partial charge in [-0.2, -0.15) is 13.2 Å². The highest BCUT2D eigenvalue weighted by atomic mass is 35.5. The van der Waals surface area contributed by atoms with Crippen LogP contribution in [0.4, 0.5) is 18.9 Å². The van der Waals surface area contributed by atoms with Crippen molar-refractivity contribution in [3.63, 3.8) is 0 Å². The fourth-order valence-electron chi connectivity index (χ4n) is 1.79. The number of aromatic nitrogens is 1. The first-order valence-corrected chi connectivity index (χ1v) is 6.18. The van der Waals surface area contributed by atoms with Crippen LogP contribution in [0.1, 0.15) is 12.8 Å². The monoisotopic (exact) mass is 288 g/mol. The molecule has 0 saturated heterocycles. The molecule has 6 heteroatoms. The van der Waals surface area contributed by atoms with Crippen LogP contribution in [0.15, 0.2) is 30.5 Å². The van der Waals surface area contributed by atoms with Gasteiger partial charge in [-0.15, -0.1) is 0 Å². The molecule has 1 aromatic carbocycles. The van der Waals surface area contributed by atoms with Gasteiger partial charge in [-0.25, -0.2) is 0 Å². The van der Waals surface area contributed by atoms with Crippen LogP contribution in [0, 0.1) is 0 Å². The number of anilines is 1. The van der Waals surface area contributed by atoms with E-state index in [0.29, 0.717) is 10.5 Å². The quantitative estimate of drug-likeness (QED) is 0.829. The number of alkyl halides is 3. The maximum absolute atomic E-state index is 12.0. The number of pyridine rings is 1. The number of nitrogens with one attached hydrogen (secondary N) is 1. The van der Waals surface area contributed by atoms with Crippen molar-refractivity contribution in [1.82, 2.24) is 4.98 Å². The summed E-state index contributed by atoms with van der Waals surface area (Å²) in [5, 5.41) is 4.42. The molecule has 0 atom stereocenters. The Morgan fingerprint density at radius 3 is 2.74 bits per heavy atom. The summed E-state index contributed by atoms with van der Waals surface area (Å²) in [6, 6.07) is 6.99. The van der Waals surface area contributed by atoms with Gasteiger partial charge in [-0.3, -0.25) is 4.98 Å². The zero-order chi connectivity index (χ0) is 13.9. The highest BCUT2D eigenvalue weighted by Crippen LogP contribution is 2.25. The van der Waals surface area contributed by atoms with E-state index >= 15 is 0 Å². The number of halogens is 4. The van der Waals surface area contributed by atoms with E-state index < -0.39 is 12.6 Å². The van der Waals surface area contributed by atoms with Gasteiger partial charge < -0.3 is 5.32 Å². The number of benzene rings is 1.